The lowest BCUT2D eigenvalue weighted by Crippen LogP contribution is -2.17. The molecule has 1 aromatic rings. The van der Waals surface area contributed by atoms with E-state index in [9.17, 15) is 9.36 Å². The maximum atomic E-state index is 11.1. The van der Waals surface area contributed by atoms with Gasteiger partial charge < -0.3 is 10.2 Å². The van der Waals surface area contributed by atoms with Crippen molar-refractivity contribution in [3.05, 3.63) is 21.9 Å². The molecule has 0 aromatic carbocycles. The van der Waals surface area contributed by atoms with E-state index in [1.807, 2.05) is 0 Å². The minimum absolute atomic E-state index is 0.0411. The molecule has 2 N–H and O–H groups in total. The zero-order valence-electron chi connectivity index (χ0n) is 8.82. The van der Waals surface area contributed by atoms with Gasteiger partial charge in [-0.05, 0) is 47.6 Å². The van der Waals surface area contributed by atoms with Crippen LogP contribution in [0.15, 0.2) is 4.79 Å². The highest BCUT2D eigenvalue weighted by Crippen LogP contribution is 2.61. The molecule has 10 heteroatoms. The normalized spacial score (nSPS) is 10.4. The predicted molar refractivity (Wildman–Crippen MR) is 67.3 cm³/mol. The Morgan fingerprint density at radius 2 is 1.82 bits per heavy atom. The molecule has 6 nitrogen and oxygen atoms in total. The lowest BCUT2D eigenvalue weighted by molar-refractivity contribution is -0.707. The van der Waals surface area contributed by atoms with E-state index in [0.717, 1.165) is 0 Å². The second-order valence-electron chi connectivity index (χ2n) is 2.83. The lowest BCUT2D eigenvalue weighted by Gasteiger charge is -2.03. The van der Waals surface area contributed by atoms with E-state index in [-0.39, 0.29) is 10.4 Å². The number of aryl methyl sites for hydroxylation is 2. The molecule has 0 aliphatic rings. The van der Waals surface area contributed by atoms with Gasteiger partial charge in [-0.15, -0.1) is 4.74 Å². The maximum Gasteiger partial charge on any atom is 0.339 e. The predicted octanol–water partition coefficient (Wildman–Crippen LogP) is 2.81. The molecular formula is C7H9Cl3N3O3P. The van der Waals surface area contributed by atoms with Crippen molar-refractivity contribution in [1.82, 2.24) is 9.97 Å². The van der Waals surface area contributed by atoms with Gasteiger partial charge in [0.2, 0.25) is 5.56 Å². The fourth-order valence-electron chi connectivity index (χ4n) is 0.990. The van der Waals surface area contributed by atoms with Crippen molar-refractivity contribution in [2.75, 3.05) is 0 Å². The summed E-state index contributed by atoms with van der Waals surface area (Å²) in [6.45, 7) is 8.23. The number of aromatic nitrogens is 2. The Morgan fingerprint density at radius 3 is 2.12 bits per heavy atom. The van der Waals surface area contributed by atoms with Gasteiger partial charge in [0, 0.05) is 5.69 Å². The molecule has 1 heterocycles. The van der Waals surface area contributed by atoms with Crippen LogP contribution in [0.3, 0.4) is 0 Å². The van der Waals surface area contributed by atoms with Crippen molar-refractivity contribution in [2.45, 2.75) is 13.8 Å². The number of halogens is 3. The number of aromatic amines is 1. The molecule has 0 spiro atoms. The van der Waals surface area contributed by atoms with Crippen LogP contribution in [0.2, 0.25) is 0 Å². The van der Waals surface area contributed by atoms with Crippen LogP contribution in [0.25, 0.3) is 0 Å². The molecule has 17 heavy (non-hydrogen) atoms. The minimum atomic E-state index is -3.22. The summed E-state index contributed by atoms with van der Waals surface area (Å²) in [6, 6.07) is 0. The molecular weight excluding hydrogens is 311 g/mol. The van der Waals surface area contributed by atoms with Gasteiger partial charge in [-0.3, -0.25) is 14.3 Å². The molecule has 0 aliphatic carbocycles. The van der Waals surface area contributed by atoms with Gasteiger partial charge in [0.05, 0.1) is 6.72 Å². The van der Waals surface area contributed by atoms with Crippen LogP contribution < -0.4 is 5.56 Å². The van der Waals surface area contributed by atoms with Gasteiger partial charge in [-0.2, -0.15) is 0 Å². The lowest BCUT2D eigenvalue weighted by atomic mass is 10.3. The third-order valence-electron chi connectivity index (χ3n) is 1.42. The third-order valence-corrected chi connectivity index (χ3v) is 1.42. The summed E-state index contributed by atoms with van der Waals surface area (Å²) >= 11 is 13.8. The van der Waals surface area contributed by atoms with E-state index in [2.05, 4.69) is 43.7 Å². The summed E-state index contributed by atoms with van der Waals surface area (Å²) in [4.78, 5) is 17.5. The number of rotatable bonds is 1. The third kappa shape index (κ3) is 7.39. The highest BCUT2D eigenvalue weighted by Gasteiger charge is 2.06. The van der Waals surface area contributed by atoms with Crippen LogP contribution in [0.5, 0.6) is 0 Å². The first-order valence-electron chi connectivity index (χ1n) is 4.02. The minimum Gasteiger partial charge on any atom is -0.321 e. The van der Waals surface area contributed by atoms with Crippen molar-refractivity contribution in [1.29, 1.82) is 0 Å². The Bertz CT molecular complexity index is 517. The van der Waals surface area contributed by atoms with E-state index in [0.29, 0.717) is 11.5 Å². The molecule has 0 saturated carbocycles. The number of H-pyrrole nitrogens is 1. The first-order valence-corrected chi connectivity index (χ1v) is 8.44. The van der Waals surface area contributed by atoms with Crippen molar-refractivity contribution in [3.63, 3.8) is 0 Å². The molecule has 1 aromatic heterocycles. The average Bonchev–Trinajstić information content (AvgIpc) is 1.95. The Morgan fingerprint density at radius 1 is 1.41 bits per heavy atom. The van der Waals surface area contributed by atoms with Crippen LogP contribution >= 0.6 is 38.9 Å². The number of nitrogens with one attached hydrogen (secondary N) is 1. The second-order valence-corrected chi connectivity index (χ2v) is 9.47. The van der Waals surface area contributed by atoms with Crippen LogP contribution in [-0.4, -0.2) is 26.6 Å². The van der Waals surface area contributed by atoms with Crippen LogP contribution in [0, 0.1) is 13.8 Å². The summed E-state index contributed by atoms with van der Waals surface area (Å²) in [7, 11) is 0. The van der Waals surface area contributed by atoms with Crippen molar-refractivity contribution >= 4 is 51.3 Å². The van der Waals surface area contributed by atoms with E-state index in [1.165, 1.54) is 0 Å². The Kier molecular flexibility index (Phi) is 6.19. The van der Waals surface area contributed by atoms with Gasteiger partial charge in [0.25, 0.3) is 0 Å². The summed E-state index contributed by atoms with van der Waals surface area (Å²) in [5.74, 6) is 0.489. The highest BCUT2D eigenvalue weighted by molar-refractivity contribution is 8.24. The molecule has 1 rings (SSSR count). The number of nitrogens with zero attached hydrogens (tertiary/aromatic N) is 2. The maximum absolute atomic E-state index is 11.1. The van der Waals surface area contributed by atoms with Gasteiger partial charge in [0.1, 0.15) is 5.82 Å². The van der Waals surface area contributed by atoms with Gasteiger partial charge in [-0.1, -0.05) is 0 Å². The summed E-state index contributed by atoms with van der Waals surface area (Å²) in [5.41, 5.74) is -0.105. The summed E-state index contributed by atoms with van der Waals surface area (Å²) in [6.07, 6.45) is 0. The van der Waals surface area contributed by atoms with Crippen molar-refractivity contribution < 1.29 is 14.5 Å². The smallest absolute Gasteiger partial charge is 0.321 e. The Labute approximate surface area is 112 Å². The topological polar surface area (TPSA) is 86.1 Å². The van der Waals surface area contributed by atoms with Gasteiger partial charge in [0.15, 0.2) is 5.69 Å². The van der Waals surface area contributed by atoms with E-state index >= 15 is 0 Å². The standard InChI is InChI=1S/C7H9N3O2.Cl3OP/c1-4-6(10(3)12)7(11)9-5(2)8-4;1-5(2,3)4/h3,12H,1-2H3,(H,8,9,11);. The summed E-state index contributed by atoms with van der Waals surface area (Å²) in [5, 5.41) is 5.61. The van der Waals surface area contributed by atoms with Crippen molar-refractivity contribution in [2.24, 2.45) is 0 Å². The number of hydrogen-bond donors (Lipinski definition) is 2. The molecule has 96 valence electrons. The first kappa shape index (κ1) is 16.4. The van der Waals surface area contributed by atoms with E-state index in [4.69, 9.17) is 11.9 Å². The van der Waals surface area contributed by atoms with Gasteiger partial charge in [-0.25, -0.2) is 0 Å². The monoisotopic (exact) mass is 319 g/mol. The zero-order valence-corrected chi connectivity index (χ0v) is 12.0. The van der Waals surface area contributed by atoms with E-state index < -0.39 is 10.8 Å². The number of hydrogen-bond acceptors (Lipinski definition) is 4. The summed E-state index contributed by atoms with van der Waals surface area (Å²) < 4.78 is 9.78. The first-order chi connectivity index (χ1) is 7.52. The average molecular weight is 321 g/mol. The molecule has 0 bridgehead atoms. The molecule has 0 saturated heterocycles. The zero-order chi connectivity index (χ0) is 13.8. The SMILES string of the molecule is O=P(Cl)(Cl)Cl.[CH-]=[N+](O)c1c(C)nc(C)[nH]c1=O. The molecule has 0 aliphatic heterocycles. The molecule has 0 unspecified atom stereocenters. The fourth-order valence-corrected chi connectivity index (χ4v) is 0.990. The largest absolute Gasteiger partial charge is 0.339 e. The van der Waals surface area contributed by atoms with E-state index in [1.54, 1.807) is 13.8 Å². The quantitative estimate of drug-likeness (QED) is 0.208. The molecule has 0 atom stereocenters. The second kappa shape index (κ2) is 6.40. The Balaban J connectivity index is 0.000000437. The van der Waals surface area contributed by atoms with Crippen LogP contribution in [0.4, 0.5) is 5.69 Å². The Hall–Kier alpha value is -0.550. The van der Waals surface area contributed by atoms with Crippen LogP contribution in [0.1, 0.15) is 11.5 Å². The van der Waals surface area contributed by atoms with Crippen LogP contribution in [-0.2, 0) is 4.57 Å². The molecule has 0 fully saturated rings. The molecule has 0 amide bonds. The fraction of sp³-hybridized carbons (Fsp3) is 0.286. The van der Waals surface area contributed by atoms with Crippen molar-refractivity contribution in [3.8, 4) is 0 Å². The molecule has 0 radical (unpaired) electrons. The highest BCUT2D eigenvalue weighted by atomic mass is 36.0. The van der Waals surface area contributed by atoms with Gasteiger partial charge >= 0.3 is 5.20 Å².